The number of aromatic nitrogens is 2. The lowest BCUT2D eigenvalue weighted by Crippen LogP contribution is -2.42. The number of carbonyl (C=O) groups is 1. The topological polar surface area (TPSA) is 79.2 Å². The quantitative estimate of drug-likeness (QED) is 0.411. The van der Waals surface area contributed by atoms with E-state index in [1.165, 1.54) is 0 Å². The van der Waals surface area contributed by atoms with E-state index in [-0.39, 0.29) is 36.8 Å². The van der Waals surface area contributed by atoms with E-state index in [4.69, 9.17) is 0 Å². The number of rotatable bonds is 4. The van der Waals surface area contributed by atoms with Crippen molar-refractivity contribution in [2.75, 3.05) is 13.1 Å². The Balaban J connectivity index is 0.00000153. The maximum absolute atomic E-state index is 12.7. The minimum Gasteiger partial charge on any atom is -0.390 e. The lowest BCUT2D eigenvalue weighted by Gasteiger charge is -2.16. The van der Waals surface area contributed by atoms with Crippen molar-refractivity contribution in [3.8, 4) is 22.4 Å². The highest BCUT2D eigenvalue weighted by atomic mass is 35.5. The Hall–Kier alpha value is -2.90. The Bertz CT molecular complexity index is 1270. The van der Waals surface area contributed by atoms with Crippen LogP contribution < -0.4 is 10.6 Å². The van der Waals surface area contributed by atoms with Crippen LogP contribution in [0.5, 0.6) is 0 Å². The number of amides is 1. The SMILES string of the molecule is Cl.Cl.Cn1nccc1-c1cccc(-c2cccc3cc(C(=O)N[C@@H]4CNC[C@H]4O)ccc23)c1. The lowest BCUT2D eigenvalue weighted by atomic mass is 9.95. The molecule has 172 valence electrons. The molecule has 0 spiro atoms. The average molecular weight is 485 g/mol. The minimum absolute atomic E-state index is 0. The molecule has 1 fully saturated rings. The van der Waals surface area contributed by atoms with Crippen LogP contribution in [0.1, 0.15) is 10.4 Å². The highest BCUT2D eigenvalue weighted by molar-refractivity contribution is 6.03. The number of nitrogens with one attached hydrogen (secondary N) is 2. The van der Waals surface area contributed by atoms with Gasteiger partial charge in [-0.15, -0.1) is 24.8 Å². The molecule has 4 aromatic rings. The first-order valence-electron chi connectivity index (χ1n) is 10.4. The second-order valence-corrected chi connectivity index (χ2v) is 7.97. The predicted octanol–water partition coefficient (Wildman–Crippen LogP) is 3.81. The molecule has 1 aromatic heterocycles. The van der Waals surface area contributed by atoms with Gasteiger partial charge in [-0.2, -0.15) is 5.10 Å². The van der Waals surface area contributed by atoms with E-state index < -0.39 is 6.10 Å². The third-order valence-corrected chi connectivity index (χ3v) is 5.93. The van der Waals surface area contributed by atoms with E-state index in [2.05, 4.69) is 46.1 Å². The van der Waals surface area contributed by atoms with Gasteiger partial charge < -0.3 is 15.7 Å². The fourth-order valence-electron chi connectivity index (χ4n) is 4.24. The first kappa shape index (κ1) is 24.7. The van der Waals surface area contributed by atoms with E-state index in [0.29, 0.717) is 18.7 Å². The summed E-state index contributed by atoms with van der Waals surface area (Å²) in [5, 5.41) is 22.3. The molecular weight excluding hydrogens is 459 g/mol. The van der Waals surface area contributed by atoms with E-state index >= 15 is 0 Å². The van der Waals surface area contributed by atoms with Gasteiger partial charge in [0, 0.05) is 37.5 Å². The van der Waals surface area contributed by atoms with Crippen LogP contribution in [0.3, 0.4) is 0 Å². The van der Waals surface area contributed by atoms with Crippen molar-refractivity contribution in [2.24, 2.45) is 7.05 Å². The summed E-state index contributed by atoms with van der Waals surface area (Å²) in [4.78, 5) is 12.7. The molecule has 1 amide bonds. The number of benzene rings is 3. The summed E-state index contributed by atoms with van der Waals surface area (Å²) in [6.07, 6.45) is 1.25. The number of aliphatic hydroxyl groups excluding tert-OH is 1. The van der Waals surface area contributed by atoms with Crippen LogP contribution in [0, 0.1) is 0 Å². The third kappa shape index (κ3) is 4.89. The van der Waals surface area contributed by atoms with E-state index in [1.807, 2.05) is 48.1 Å². The van der Waals surface area contributed by atoms with Gasteiger partial charge in [0.05, 0.1) is 17.8 Å². The summed E-state index contributed by atoms with van der Waals surface area (Å²) < 4.78 is 1.86. The highest BCUT2D eigenvalue weighted by Gasteiger charge is 2.26. The van der Waals surface area contributed by atoms with Crippen molar-refractivity contribution in [2.45, 2.75) is 12.1 Å². The van der Waals surface area contributed by atoms with Gasteiger partial charge in [-0.25, -0.2) is 0 Å². The van der Waals surface area contributed by atoms with Crippen molar-refractivity contribution >= 4 is 41.5 Å². The molecule has 0 bridgehead atoms. The van der Waals surface area contributed by atoms with Crippen molar-refractivity contribution in [3.05, 3.63) is 78.5 Å². The second-order valence-electron chi connectivity index (χ2n) is 7.97. The maximum Gasteiger partial charge on any atom is 0.251 e. The Kier molecular flexibility index (Phi) is 7.76. The molecule has 2 heterocycles. The summed E-state index contributed by atoms with van der Waals surface area (Å²) >= 11 is 0. The lowest BCUT2D eigenvalue weighted by molar-refractivity contribution is 0.0889. The number of hydrogen-bond donors (Lipinski definition) is 3. The van der Waals surface area contributed by atoms with Gasteiger partial charge >= 0.3 is 0 Å². The second kappa shape index (κ2) is 10.4. The highest BCUT2D eigenvalue weighted by Crippen LogP contribution is 2.32. The van der Waals surface area contributed by atoms with Crippen LogP contribution in [0.25, 0.3) is 33.2 Å². The van der Waals surface area contributed by atoms with E-state index in [0.717, 1.165) is 33.2 Å². The fourth-order valence-corrected chi connectivity index (χ4v) is 4.24. The van der Waals surface area contributed by atoms with Crippen molar-refractivity contribution in [3.63, 3.8) is 0 Å². The van der Waals surface area contributed by atoms with Gasteiger partial charge in [-0.3, -0.25) is 9.48 Å². The zero-order valence-electron chi connectivity index (χ0n) is 18.1. The van der Waals surface area contributed by atoms with Gasteiger partial charge in [0.25, 0.3) is 5.91 Å². The van der Waals surface area contributed by atoms with Crippen LogP contribution in [0.2, 0.25) is 0 Å². The Morgan fingerprint density at radius 1 is 1.03 bits per heavy atom. The first-order valence-corrected chi connectivity index (χ1v) is 10.4. The van der Waals surface area contributed by atoms with Gasteiger partial charge in [-0.05, 0) is 46.2 Å². The molecule has 2 atom stereocenters. The van der Waals surface area contributed by atoms with E-state index in [1.54, 1.807) is 6.20 Å². The third-order valence-electron chi connectivity index (χ3n) is 5.93. The number of carbonyl (C=O) groups excluding carboxylic acids is 1. The number of halogens is 2. The number of hydrogen-bond acceptors (Lipinski definition) is 4. The zero-order chi connectivity index (χ0) is 21.4. The molecule has 5 rings (SSSR count). The molecule has 0 saturated carbocycles. The molecule has 8 heteroatoms. The van der Waals surface area contributed by atoms with Crippen molar-refractivity contribution < 1.29 is 9.90 Å². The summed E-state index contributed by atoms with van der Waals surface area (Å²) in [7, 11) is 1.94. The molecule has 33 heavy (non-hydrogen) atoms. The van der Waals surface area contributed by atoms with Gasteiger partial charge in [0.1, 0.15) is 0 Å². The molecule has 0 unspecified atom stereocenters. The summed E-state index contributed by atoms with van der Waals surface area (Å²) in [6.45, 7) is 1.08. The average Bonchev–Trinajstić information content (AvgIpc) is 3.40. The zero-order valence-corrected chi connectivity index (χ0v) is 19.7. The van der Waals surface area contributed by atoms with Crippen LogP contribution in [0.4, 0.5) is 0 Å². The molecule has 3 aromatic carbocycles. The number of fused-ring (bicyclic) bond motifs is 1. The number of nitrogens with zero attached hydrogens (tertiary/aromatic N) is 2. The largest absolute Gasteiger partial charge is 0.390 e. The maximum atomic E-state index is 12.7. The van der Waals surface area contributed by atoms with Gasteiger partial charge in [-0.1, -0.05) is 42.5 Å². The first-order chi connectivity index (χ1) is 15.1. The van der Waals surface area contributed by atoms with E-state index in [9.17, 15) is 9.90 Å². The Labute approximate surface area is 204 Å². The van der Waals surface area contributed by atoms with Crippen molar-refractivity contribution in [1.29, 1.82) is 0 Å². The monoisotopic (exact) mass is 484 g/mol. The molecule has 6 nitrogen and oxygen atoms in total. The molecule has 1 aliphatic heterocycles. The van der Waals surface area contributed by atoms with Gasteiger partial charge in [0.2, 0.25) is 0 Å². The van der Waals surface area contributed by atoms with Gasteiger partial charge in [0.15, 0.2) is 0 Å². The Morgan fingerprint density at radius 3 is 2.55 bits per heavy atom. The molecule has 0 radical (unpaired) electrons. The summed E-state index contributed by atoms with van der Waals surface area (Å²) in [5.74, 6) is -0.168. The molecule has 1 saturated heterocycles. The molecule has 3 N–H and O–H groups in total. The normalized spacial score (nSPS) is 17.3. The fraction of sp³-hybridized carbons (Fsp3) is 0.200. The van der Waals surface area contributed by atoms with Crippen LogP contribution in [-0.4, -0.2) is 46.0 Å². The smallest absolute Gasteiger partial charge is 0.251 e. The standard InChI is InChI=1S/C25H24N4O2.2ClH/c1-29-23(10-11-27-29)18-6-2-4-16(12-18)20-7-3-5-17-13-19(8-9-21(17)20)25(31)28-22-14-26-15-24(22)30;;/h2-13,22,24,26,30H,14-15H2,1H3,(H,28,31);2*1H/t22-,24-;;/m1../s1. The number of β-amino-alcohol motifs (C(OH)–C–C–N with tert-alkyl or cyclic N) is 1. The Morgan fingerprint density at radius 2 is 1.82 bits per heavy atom. The van der Waals surface area contributed by atoms with Crippen LogP contribution in [0.15, 0.2) is 72.9 Å². The molecular formula is C25H26Cl2N4O2. The summed E-state index contributed by atoms with van der Waals surface area (Å²) in [5.41, 5.74) is 4.98. The van der Waals surface area contributed by atoms with Crippen LogP contribution in [-0.2, 0) is 7.05 Å². The number of aryl methyl sites for hydroxylation is 1. The van der Waals surface area contributed by atoms with Crippen molar-refractivity contribution in [1.82, 2.24) is 20.4 Å². The predicted molar refractivity (Wildman–Crippen MR) is 136 cm³/mol. The molecule has 0 aliphatic carbocycles. The summed E-state index contributed by atoms with van der Waals surface area (Å²) in [6, 6.07) is 22.0. The molecule has 1 aliphatic rings. The van der Waals surface area contributed by atoms with Crippen LogP contribution >= 0.6 is 24.8 Å². The number of aliphatic hydroxyl groups is 1. The minimum atomic E-state index is -0.553.